The monoisotopic (exact) mass is 201 g/mol. The summed E-state index contributed by atoms with van der Waals surface area (Å²) < 4.78 is 12.9. The molecule has 7 nitrogen and oxygen atoms in total. The third kappa shape index (κ3) is 1.58. The van der Waals surface area contributed by atoms with Crippen LogP contribution in [0, 0.1) is 26.0 Å². The summed E-state index contributed by atoms with van der Waals surface area (Å²) in [4.78, 5) is 18.5. The van der Waals surface area contributed by atoms with Crippen LogP contribution in [0.4, 0.5) is 21.5 Å². The highest BCUT2D eigenvalue weighted by Gasteiger charge is 2.23. The molecule has 0 heterocycles. The number of rotatable bonds is 2. The smallest absolute Gasteiger partial charge is 0.327 e. The highest BCUT2D eigenvalue weighted by atomic mass is 19.1. The van der Waals surface area contributed by atoms with Gasteiger partial charge in [-0.05, 0) is 0 Å². The van der Waals surface area contributed by atoms with Crippen LogP contribution < -0.4 is 5.73 Å². The molecule has 0 aliphatic heterocycles. The van der Waals surface area contributed by atoms with E-state index in [1.807, 2.05) is 0 Å². The molecular weight excluding hydrogens is 197 g/mol. The summed E-state index contributed by atoms with van der Waals surface area (Å²) in [6, 6.07) is 1.19. The molecule has 2 N–H and O–H groups in total. The van der Waals surface area contributed by atoms with Gasteiger partial charge in [0, 0.05) is 6.07 Å². The fourth-order valence-electron chi connectivity index (χ4n) is 0.903. The van der Waals surface area contributed by atoms with E-state index in [0.29, 0.717) is 6.07 Å². The van der Waals surface area contributed by atoms with Gasteiger partial charge in [-0.3, -0.25) is 20.2 Å². The fourth-order valence-corrected chi connectivity index (χ4v) is 0.903. The predicted molar refractivity (Wildman–Crippen MR) is 44.1 cm³/mol. The number of anilines is 1. The van der Waals surface area contributed by atoms with E-state index in [1.165, 1.54) is 0 Å². The van der Waals surface area contributed by atoms with Crippen molar-refractivity contribution < 1.29 is 14.2 Å². The van der Waals surface area contributed by atoms with Gasteiger partial charge in [-0.25, -0.2) is 0 Å². The van der Waals surface area contributed by atoms with E-state index in [2.05, 4.69) is 0 Å². The van der Waals surface area contributed by atoms with Crippen LogP contribution in [-0.2, 0) is 0 Å². The minimum atomic E-state index is -1.32. The van der Waals surface area contributed by atoms with E-state index in [-0.39, 0.29) is 0 Å². The summed E-state index contributed by atoms with van der Waals surface area (Å²) in [5, 5.41) is 20.4. The van der Waals surface area contributed by atoms with Crippen molar-refractivity contribution in [3.63, 3.8) is 0 Å². The first-order valence-electron chi connectivity index (χ1n) is 3.31. The number of benzene rings is 1. The number of hydrogen-bond acceptors (Lipinski definition) is 5. The molecule has 1 aromatic rings. The van der Waals surface area contributed by atoms with Gasteiger partial charge >= 0.3 is 5.69 Å². The maximum Gasteiger partial charge on any atom is 0.327 e. The Morgan fingerprint density at radius 1 is 1.21 bits per heavy atom. The molecule has 1 rings (SSSR count). The van der Waals surface area contributed by atoms with Crippen molar-refractivity contribution in [2.75, 3.05) is 5.73 Å². The number of nitro benzene ring substituents is 2. The highest BCUT2D eigenvalue weighted by Crippen LogP contribution is 2.29. The third-order valence-electron chi connectivity index (χ3n) is 1.47. The van der Waals surface area contributed by atoms with Crippen molar-refractivity contribution in [3.8, 4) is 0 Å². The number of nitrogen functional groups attached to an aromatic ring is 1. The maximum atomic E-state index is 12.9. The van der Waals surface area contributed by atoms with E-state index in [4.69, 9.17) is 5.73 Å². The molecule has 0 bridgehead atoms. The molecule has 14 heavy (non-hydrogen) atoms. The van der Waals surface area contributed by atoms with Crippen LogP contribution in [0.1, 0.15) is 0 Å². The van der Waals surface area contributed by atoms with Gasteiger partial charge in [0.1, 0.15) is 5.69 Å². The zero-order chi connectivity index (χ0) is 10.9. The van der Waals surface area contributed by atoms with E-state index in [1.54, 1.807) is 0 Å². The minimum absolute atomic E-state index is 0.453. The first-order valence-corrected chi connectivity index (χ1v) is 3.31. The summed E-state index contributed by atoms with van der Waals surface area (Å²) >= 11 is 0. The molecule has 1 aromatic carbocycles. The quantitative estimate of drug-likeness (QED) is 0.439. The molecule has 0 amide bonds. The van der Waals surface area contributed by atoms with Gasteiger partial charge in [-0.1, -0.05) is 0 Å². The first-order chi connectivity index (χ1) is 6.43. The van der Waals surface area contributed by atoms with Crippen molar-refractivity contribution in [2.24, 2.45) is 0 Å². The van der Waals surface area contributed by atoms with Gasteiger partial charge in [-0.15, -0.1) is 0 Å². The predicted octanol–water partition coefficient (Wildman–Crippen LogP) is 1.22. The number of nitrogens with zero attached hydrogens (tertiary/aromatic N) is 2. The van der Waals surface area contributed by atoms with E-state index in [9.17, 15) is 24.6 Å². The molecule has 0 radical (unpaired) electrons. The second kappa shape index (κ2) is 3.24. The van der Waals surface area contributed by atoms with Crippen LogP contribution in [-0.4, -0.2) is 9.85 Å². The van der Waals surface area contributed by atoms with Crippen LogP contribution >= 0.6 is 0 Å². The molecule has 0 saturated heterocycles. The van der Waals surface area contributed by atoms with Crippen molar-refractivity contribution >= 4 is 17.1 Å². The van der Waals surface area contributed by atoms with Crippen LogP contribution in [0.5, 0.6) is 0 Å². The van der Waals surface area contributed by atoms with E-state index in [0.717, 1.165) is 6.07 Å². The number of nitrogens with two attached hydrogens (primary N) is 1. The van der Waals surface area contributed by atoms with Crippen molar-refractivity contribution in [1.82, 2.24) is 0 Å². The zero-order valence-corrected chi connectivity index (χ0v) is 6.64. The topological polar surface area (TPSA) is 112 Å². The van der Waals surface area contributed by atoms with E-state index < -0.39 is 32.7 Å². The van der Waals surface area contributed by atoms with Gasteiger partial charge < -0.3 is 5.73 Å². The number of halogens is 1. The Kier molecular flexibility index (Phi) is 2.28. The molecule has 0 atom stereocenters. The Morgan fingerprint density at radius 3 is 2.14 bits per heavy atom. The SMILES string of the molecule is Nc1cc([N+](=O)[O-])cc(F)c1[N+](=O)[O-]. The summed E-state index contributed by atoms with van der Waals surface area (Å²) in [6.07, 6.45) is 0. The Hall–Kier alpha value is -2.25. The normalized spacial score (nSPS) is 9.79. The average molecular weight is 201 g/mol. The van der Waals surface area contributed by atoms with Gasteiger partial charge in [0.15, 0.2) is 0 Å². The molecule has 0 aromatic heterocycles. The maximum absolute atomic E-state index is 12.9. The van der Waals surface area contributed by atoms with Gasteiger partial charge in [0.25, 0.3) is 5.69 Å². The van der Waals surface area contributed by atoms with Crippen LogP contribution in [0.2, 0.25) is 0 Å². The second-order valence-electron chi connectivity index (χ2n) is 2.38. The number of non-ortho nitro benzene ring substituents is 1. The van der Waals surface area contributed by atoms with Crippen molar-refractivity contribution in [2.45, 2.75) is 0 Å². The lowest BCUT2D eigenvalue weighted by molar-refractivity contribution is -0.390. The lowest BCUT2D eigenvalue weighted by Gasteiger charge is -1.98. The minimum Gasteiger partial charge on any atom is -0.393 e. The van der Waals surface area contributed by atoms with Crippen molar-refractivity contribution in [3.05, 3.63) is 38.2 Å². The van der Waals surface area contributed by atoms with Gasteiger partial charge in [0.05, 0.1) is 15.9 Å². The summed E-state index contributed by atoms with van der Waals surface area (Å²) in [6.45, 7) is 0. The molecule has 0 unspecified atom stereocenters. The molecule has 0 aliphatic rings. The Morgan fingerprint density at radius 2 is 1.79 bits per heavy atom. The average Bonchev–Trinajstić information content (AvgIpc) is 2.01. The van der Waals surface area contributed by atoms with E-state index >= 15 is 0 Å². The summed E-state index contributed by atoms with van der Waals surface area (Å²) in [5.74, 6) is -1.32. The standard InChI is InChI=1S/C6H4FN3O4/c7-4-1-3(9(11)12)2-5(8)6(4)10(13)14/h1-2H,8H2. The number of nitro groups is 2. The Balaban J connectivity index is 3.39. The highest BCUT2D eigenvalue weighted by molar-refractivity contribution is 5.63. The molecule has 0 saturated carbocycles. The molecule has 0 fully saturated rings. The van der Waals surface area contributed by atoms with Crippen LogP contribution in [0.15, 0.2) is 12.1 Å². The van der Waals surface area contributed by atoms with Crippen LogP contribution in [0.3, 0.4) is 0 Å². The molecule has 0 aliphatic carbocycles. The van der Waals surface area contributed by atoms with Crippen LogP contribution in [0.25, 0.3) is 0 Å². The summed E-state index contributed by atoms with van der Waals surface area (Å²) in [7, 11) is 0. The molecule has 74 valence electrons. The lowest BCUT2D eigenvalue weighted by Crippen LogP contribution is -2.00. The van der Waals surface area contributed by atoms with Crippen molar-refractivity contribution in [1.29, 1.82) is 0 Å². The Labute approximate surface area is 76.2 Å². The zero-order valence-electron chi connectivity index (χ0n) is 6.64. The first kappa shape index (κ1) is 9.84. The lowest BCUT2D eigenvalue weighted by atomic mass is 10.2. The molecule has 8 heteroatoms. The number of hydrogen-bond donors (Lipinski definition) is 1. The summed E-state index contributed by atoms with van der Waals surface area (Å²) in [5.41, 5.74) is 2.94. The molecular formula is C6H4FN3O4. The molecule has 0 spiro atoms. The Bertz CT molecular complexity index is 397. The third-order valence-corrected chi connectivity index (χ3v) is 1.47. The fraction of sp³-hybridized carbons (Fsp3) is 0. The largest absolute Gasteiger partial charge is 0.393 e. The van der Waals surface area contributed by atoms with Gasteiger partial charge in [-0.2, -0.15) is 4.39 Å². The van der Waals surface area contributed by atoms with Gasteiger partial charge in [0.2, 0.25) is 5.82 Å². The second-order valence-corrected chi connectivity index (χ2v) is 2.38.